The first-order chi connectivity index (χ1) is 7.58. The van der Waals surface area contributed by atoms with Crippen LogP contribution in [-0.2, 0) is 9.59 Å². The predicted octanol–water partition coefficient (Wildman–Crippen LogP) is 0.682. The molecule has 1 aliphatic heterocycles. The minimum Gasteiger partial charge on any atom is -0.369 e. The number of carbonyl (C=O) groups is 2. The normalized spacial score (nSPS) is 20.2. The van der Waals surface area contributed by atoms with Gasteiger partial charge in [0.1, 0.15) is 5.82 Å². The monoisotopic (exact) mass is 283 g/mol. The fourth-order valence-electron chi connectivity index (χ4n) is 1.66. The summed E-state index contributed by atoms with van der Waals surface area (Å²) in [5, 5.41) is 0. The molecular weight excluding hydrogens is 274 g/mol. The topological polar surface area (TPSA) is 76.3 Å². The maximum absolute atomic E-state index is 11.7. The molecule has 1 unspecified atom stereocenters. The summed E-state index contributed by atoms with van der Waals surface area (Å²) in [6.07, 6.45) is 1.77. The van der Waals surface area contributed by atoms with E-state index >= 15 is 0 Å². The van der Waals surface area contributed by atoms with E-state index in [-0.39, 0.29) is 12.3 Å². The summed E-state index contributed by atoms with van der Waals surface area (Å²) < 4.78 is 0.841. The highest BCUT2D eigenvalue weighted by molar-refractivity contribution is 9.10. The molecule has 2 amide bonds. The van der Waals surface area contributed by atoms with Crippen LogP contribution in [0.15, 0.2) is 22.8 Å². The van der Waals surface area contributed by atoms with E-state index in [0.717, 1.165) is 4.47 Å². The molecule has 1 fully saturated rings. The molecule has 1 aromatic rings. The molecule has 0 aromatic carbocycles. The predicted molar refractivity (Wildman–Crippen MR) is 61.6 cm³/mol. The molecule has 0 spiro atoms. The number of hydrogen-bond acceptors (Lipinski definition) is 3. The molecular formula is C10H10BrN3O2. The van der Waals surface area contributed by atoms with Gasteiger partial charge in [-0.05, 0) is 12.1 Å². The smallest absolute Gasteiger partial charge is 0.229 e. The summed E-state index contributed by atoms with van der Waals surface area (Å²) in [6.45, 7) is 0.317. The molecule has 16 heavy (non-hydrogen) atoms. The van der Waals surface area contributed by atoms with E-state index in [2.05, 4.69) is 20.9 Å². The molecule has 0 aliphatic carbocycles. The number of anilines is 1. The van der Waals surface area contributed by atoms with Gasteiger partial charge in [0, 0.05) is 23.6 Å². The van der Waals surface area contributed by atoms with Gasteiger partial charge in [-0.15, -0.1) is 0 Å². The Balaban J connectivity index is 2.23. The van der Waals surface area contributed by atoms with Crippen LogP contribution >= 0.6 is 15.9 Å². The summed E-state index contributed by atoms with van der Waals surface area (Å²) in [5.41, 5.74) is 5.18. The van der Waals surface area contributed by atoms with Gasteiger partial charge in [-0.25, -0.2) is 4.98 Å². The van der Waals surface area contributed by atoms with E-state index < -0.39 is 11.8 Å². The van der Waals surface area contributed by atoms with Gasteiger partial charge in [0.25, 0.3) is 0 Å². The Morgan fingerprint density at radius 2 is 2.38 bits per heavy atom. The zero-order valence-electron chi connectivity index (χ0n) is 8.39. The van der Waals surface area contributed by atoms with Crippen LogP contribution in [-0.4, -0.2) is 23.3 Å². The minimum absolute atomic E-state index is 0.116. The SMILES string of the molecule is NC(=O)C1CC(=O)N(c2cc(Br)ccn2)C1. The van der Waals surface area contributed by atoms with Crippen molar-refractivity contribution in [3.8, 4) is 0 Å². The lowest BCUT2D eigenvalue weighted by Gasteiger charge is -2.14. The van der Waals surface area contributed by atoms with Crippen molar-refractivity contribution in [2.45, 2.75) is 6.42 Å². The summed E-state index contributed by atoms with van der Waals surface area (Å²) in [4.78, 5) is 28.2. The van der Waals surface area contributed by atoms with Crippen LogP contribution in [0.3, 0.4) is 0 Å². The molecule has 2 rings (SSSR count). The van der Waals surface area contributed by atoms with Crippen LogP contribution in [0.1, 0.15) is 6.42 Å². The Morgan fingerprint density at radius 3 is 2.94 bits per heavy atom. The third-order valence-electron chi connectivity index (χ3n) is 2.51. The average Bonchev–Trinajstić information content (AvgIpc) is 2.60. The molecule has 1 atom stereocenters. The van der Waals surface area contributed by atoms with Crippen LogP contribution in [0.5, 0.6) is 0 Å². The van der Waals surface area contributed by atoms with Crippen molar-refractivity contribution in [2.24, 2.45) is 11.7 Å². The van der Waals surface area contributed by atoms with E-state index in [0.29, 0.717) is 12.4 Å². The second-order valence-corrected chi connectivity index (χ2v) is 4.56. The van der Waals surface area contributed by atoms with E-state index in [9.17, 15) is 9.59 Å². The van der Waals surface area contributed by atoms with Crippen molar-refractivity contribution < 1.29 is 9.59 Å². The Labute approximate surface area is 101 Å². The van der Waals surface area contributed by atoms with Gasteiger partial charge in [-0.3, -0.25) is 14.5 Å². The highest BCUT2D eigenvalue weighted by Gasteiger charge is 2.34. The number of nitrogens with two attached hydrogens (primary N) is 1. The molecule has 1 aromatic heterocycles. The summed E-state index contributed by atoms with van der Waals surface area (Å²) >= 11 is 3.30. The molecule has 84 valence electrons. The fourth-order valence-corrected chi connectivity index (χ4v) is 1.98. The molecule has 0 radical (unpaired) electrons. The summed E-state index contributed by atoms with van der Waals surface area (Å²) in [7, 11) is 0. The molecule has 2 heterocycles. The highest BCUT2D eigenvalue weighted by atomic mass is 79.9. The third-order valence-corrected chi connectivity index (χ3v) is 3.00. The standard InChI is InChI=1S/C10H10BrN3O2/c11-7-1-2-13-8(4-7)14-5-6(10(12)16)3-9(14)15/h1-2,4,6H,3,5H2,(H2,12,16). The number of aromatic nitrogens is 1. The first-order valence-corrected chi connectivity index (χ1v) is 5.58. The number of nitrogens with zero attached hydrogens (tertiary/aromatic N) is 2. The minimum atomic E-state index is -0.439. The van der Waals surface area contributed by atoms with Crippen molar-refractivity contribution in [3.05, 3.63) is 22.8 Å². The van der Waals surface area contributed by atoms with E-state index in [1.165, 1.54) is 4.90 Å². The van der Waals surface area contributed by atoms with Gasteiger partial charge in [0.05, 0.1) is 5.92 Å². The average molecular weight is 284 g/mol. The van der Waals surface area contributed by atoms with Gasteiger partial charge in [0.15, 0.2) is 0 Å². The van der Waals surface area contributed by atoms with Gasteiger partial charge in [-0.2, -0.15) is 0 Å². The van der Waals surface area contributed by atoms with Crippen LogP contribution in [0, 0.1) is 5.92 Å². The van der Waals surface area contributed by atoms with Gasteiger partial charge in [-0.1, -0.05) is 15.9 Å². The molecule has 5 nitrogen and oxygen atoms in total. The molecule has 1 aliphatic rings. The molecule has 0 saturated carbocycles. The number of primary amides is 1. The number of amides is 2. The zero-order valence-corrected chi connectivity index (χ0v) is 9.98. The maximum atomic E-state index is 11.7. The second-order valence-electron chi connectivity index (χ2n) is 3.64. The summed E-state index contributed by atoms with van der Waals surface area (Å²) in [5.74, 6) is -0.420. The molecule has 6 heteroatoms. The Bertz CT molecular complexity index is 449. The fraction of sp³-hybridized carbons (Fsp3) is 0.300. The second kappa shape index (κ2) is 4.21. The van der Waals surface area contributed by atoms with Crippen molar-refractivity contribution in [1.29, 1.82) is 0 Å². The van der Waals surface area contributed by atoms with Crippen molar-refractivity contribution in [2.75, 3.05) is 11.4 Å². The van der Waals surface area contributed by atoms with E-state index in [1.807, 2.05) is 0 Å². The molecule has 1 saturated heterocycles. The Morgan fingerprint density at radius 1 is 1.62 bits per heavy atom. The van der Waals surface area contributed by atoms with Crippen LogP contribution in [0.25, 0.3) is 0 Å². The highest BCUT2D eigenvalue weighted by Crippen LogP contribution is 2.24. The third kappa shape index (κ3) is 2.06. The van der Waals surface area contributed by atoms with Crippen LogP contribution in [0.2, 0.25) is 0 Å². The lowest BCUT2D eigenvalue weighted by Crippen LogP contribution is -2.28. The van der Waals surface area contributed by atoms with Crippen molar-refractivity contribution in [3.63, 3.8) is 0 Å². The number of hydrogen-bond donors (Lipinski definition) is 1. The Kier molecular flexibility index (Phi) is 2.91. The van der Waals surface area contributed by atoms with Crippen LogP contribution < -0.4 is 10.6 Å². The van der Waals surface area contributed by atoms with Crippen molar-refractivity contribution in [1.82, 2.24) is 4.98 Å². The zero-order chi connectivity index (χ0) is 11.7. The molecule has 2 N–H and O–H groups in total. The van der Waals surface area contributed by atoms with Crippen LogP contribution in [0.4, 0.5) is 5.82 Å². The van der Waals surface area contributed by atoms with Gasteiger partial charge < -0.3 is 5.73 Å². The van der Waals surface area contributed by atoms with E-state index in [1.54, 1.807) is 18.3 Å². The lowest BCUT2D eigenvalue weighted by molar-refractivity contribution is -0.123. The number of carbonyl (C=O) groups excluding carboxylic acids is 2. The lowest BCUT2D eigenvalue weighted by atomic mass is 10.1. The van der Waals surface area contributed by atoms with E-state index in [4.69, 9.17) is 5.73 Å². The number of rotatable bonds is 2. The quantitative estimate of drug-likeness (QED) is 0.867. The number of pyridine rings is 1. The Hall–Kier alpha value is -1.43. The van der Waals surface area contributed by atoms with Crippen molar-refractivity contribution >= 4 is 33.6 Å². The maximum Gasteiger partial charge on any atom is 0.229 e. The largest absolute Gasteiger partial charge is 0.369 e. The first kappa shape index (κ1) is 11.1. The van der Waals surface area contributed by atoms with Gasteiger partial charge in [0.2, 0.25) is 11.8 Å². The first-order valence-electron chi connectivity index (χ1n) is 4.79. The van der Waals surface area contributed by atoms with Gasteiger partial charge >= 0.3 is 0 Å². The number of halogens is 1. The molecule has 0 bridgehead atoms. The summed E-state index contributed by atoms with van der Waals surface area (Å²) in [6, 6.07) is 3.51.